The second kappa shape index (κ2) is 6.17. The van der Waals surface area contributed by atoms with Crippen LogP contribution in [0, 0.1) is 23.2 Å². The van der Waals surface area contributed by atoms with Crippen LogP contribution in [0.1, 0.15) is 26.3 Å². The van der Waals surface area contributed by atoms with E-state index in [1.165, 1.54) is 6.07 Å². The average molecular weight is 566 g/mol. The SMILES string of the molecule is CC1(C)OB2OC1(C)P([S][Tl])C#Cc1c(F)c(F)cc3cccc2c13. The standard InChI is InChI=1S/C17H13BF2O2PS.Tl/c1-16(2)17(3)22-18(21-16)12-6-4-5-10-9-13(19)15(20)11(14(10)12)7-8-23(17)24;/h4-6,9H,1-3H3;/q-1;+1. The van der Waals surface area contributed by atoms with Crippen LogP contribution in [0.3, 0.4) is 0 Å². The first-order chi connectivity index (χ1) is 11.8. The average Bonchev–Trinajstić information content (AvgIpc) is 2.82. The molecule has 0 radical (unpaired) electrons. The van der Waals surface area contributed by atoms with Crippen LogP contribution in [-0.4, -0.2) is 42.3 Å². The van der Waals surface area contributed by atoms with Crippen molar-refractivity contribution in [2.24, 2.45) is 0 Å². The molecule has 2 heterocycles. The van der Waals surface area contributed by atoms with Gasteiger partial charge in [0.05, 0.1) is 0 Å². The van der Waals surface area contributed by atoms with Gasteiger partial charge in [0.15, 0.2) is 0 Å². The van der Waals surface area contributed by atoms with E-state index in [9.17, 15) is 8.78 Å². The predicted molar refractivity (Wildman–Crippen MR) is 101 cm³/mol. The zero-order chi connectivity index (χ0) is 18.0. The van der Waals surface area contributed by atoms with E-state index < -0.39 is 36.8 Å². The maximum atomic E-state index is 14.6. The Morgan fingerprint density at radius 2 is 2.00 bits per heavy atom. The normalized spacial score (nSPS) is 26.6. The predicted octanol–water partition coefficient (Wildman–Crippen LogP) is 3.89. The molecule has 2 aliphatic rings. The molecule has 0 N–H and O–H groups in total. The number of benzene rings is 2. The van der Waals surface area contributed by atoms with Crippen molar-refractivity contribution in [2.45, 2.75) is 31.7 Å². The Labute approximate surface area is 164 Å². The van der Waals surface area contributed by atoms with Crippen molar-refractivity contribution in [3.8, 4) is 11.6 Å². The van der Waals surface area contributed by atoms with E-state index in [1.54, 1.807) is 14.0 Å². The first-order valence-electron chi connectivity index (χ1n) is 7.73. The summed E-state index contributed by atoms with van der Waals surface area (Å²) in [6.07, 6.45) is 0. The summed E-state index contributed by atoms with van der Waals surface area (Å²) in [5, 5.41) is 0.598. The molecule has 2 aliphatic heterocycles. The van der Waals surface area contributed by atoms with E-state index >= 15 is 0 Å². The third kappa shape index (κ3) is 2.61. The molecule has 0 saturated carbocycles. The molecule has 8 heteroatoms. The monoisotopic (exact) mass is 566 g/mol. The Balaban J connectivity index is 2.10. The van der Waals surface area contributed by atoms with Gasteiger partial charge in [-0.2, -0.15) is 0 Å². The van der Waals surface area contributed by atoms with E-state index in [-0.39, 0.29) is 5.56 Å². The second-order valence-corrected chi connectivity index (χ2v) is 17.7. The van der Waals surface area contributed by atoms with E-state index in [0.717, 1.165) is 0 Å². The fourth-order valence-electron chi connectivity index (χ4n) is 3.25. The number of halogens is 2. The van der Waals surface area contributed by atoms with Gasteiger partial charge in [0.1, 0.15) is 0 Å². The van der Waals surface area contributed by atoms with E-state index in [0.29, 0.717) is 40.5 Å². The van der Waals surface area contributed by atoms with Gasteiger partial charge in [0, 0.05) is 0 Å². The van der Waals surface area contributed by atoms with Crippen molar-refractivity contribution >= 4 is 62.7 Å². The Hall–Kier alpha value is -0.193. The maximum absolute atomic E-state index is 14.6. The van der Waals surface area contributed by atoms with E-state index in [2.05, 4.69) is 11.6 Å². The Morgan fingerprint density at radius 3 is 2.72 bits per heavy atom. The van der Waals surface area contributed by atoms with Crippen LogP contribution in [0.5, 0.6) is 0 Å². The fraction of sp³-hybridized carbons (Fsp3) is 0.294. The summed E-state index contributed by atoms with van der Waals surface area (Å²) in [7, 11) is 0.188. The molecule has 0 amide bonds. The third-order valence-corrected chi connectivity index (χ3v) is 16.2. The van der Waals surface area contributed by atoms with E-state index in [4.69, 9.17) is 9.31 Å². The topological polar surface area (TPSA) is 18.5 Å². The van der Waals surface area contributed by atoms with Crippen LogP contribution >= 0.6 is 15.1 Å². The number of fused-ring (bicyclic) bond motifs is 3. The summed E-state index contributed by atoms with van der Waals surface area (Å²) < 4.78 is 41.3. The molecule has 2 aromatic rings. The minimum atomic E-state index is -0.936. The van der Waals surface area contributed by atoms with Crippen molar-refractivity contribution in [1.82, 2.24) is 0 Å². The van der Waals surface area contributed by atoms with Gasteiger partial charge in [0.2, 0.25) is 0 Å². The molecule has 1 saturated heterocycles. The van der Waals surface area contributed by atoms with Crippen LogP contribution in [0.2, 0.25) is 0 Å². The van der Waals surface area contributed by atoms with Crippen molar-refractivity contribution < 1.29 is 18.1 Å². The fourth-order valence-corrected chi connectivity index (χ4v) is 15.2. The first-order valence-corrected chi connectivity index (χ1v) is 16.1. The molecule has 2 unspecified atom stereocenters. The molecule has 0 aliphatic carbocycles. The number of hydrogen-bond donors (Lipinski definition) is 0. The van der Waals surface area contributed by atoms with Crippen molar-refractivity contribution in [3.63, 3.8) is 0 Å². The van der Waals surface area contributed by atoms with Gasteiger partial charge in [-0.25, -0.2) is 0 Å². The van der Waals surface area contributed by atoms with Gasteiger partial charge in [-0.05, 0) is 0 Å². The number of hydrogen-bond acceptors (Lipinski definition) is 3. The molecule has 2 bridgehead atoms. The summed E-state index contributed by atoms with van der Waals surface area (Å²) in [4.78, 5) is 0. The first kappa shape index (κ1) is 18.2. The quantitative estimate of drug-likeness (QED) is 0.297. The van der Waals surface area contributed by atoms with Crippen molar-refractivity contribution in [2.75, 3.05) is 0 Å². The zero-order valence-electron chi connectivity index (χ0n) is 13.9. The summed E-state index contributed by atoms with van der Waals surface area (Å²) in [5.41, 5.74) is 3.50. The second-order valence-electron chi connectivity index (χ2n) is 6.69. The van der Waals surface area contributed by atoms with Crippen molar-refractivity contribution in [3.05, 3.63) is 41.5 Å². The molecule has 0 spiro atoms. The number of rotatable bonds is 1. The third-order valence-electron chi connectivity index (χ3n) is 4.97. The molecule has 4 rings (SSSR count). The van der Waals surface area contributed by atoms with Gasteiger partial charge < -0.3 is 0 Å². The van der Waals surface area contributed by atoms with E-state index in [1.807, 2.05) is 32.9 Å². The summed E-state index contributed by atoms with van der Waals surface area (Å²) in [6, 6.07) is 6.63. The molecule has 0 aromatic heterocycles. The Kier molecular flexibility index (Phi) is 4.49. The molecule has 2 atom stereocenters. The molecule has 124 valence electrons. The molecule has 2 nitrogen and oxygen atoms in total. The van der Waals surface area contributed by atoms with Gasteiger partial charge in [-0.1, -0.05) is 0 Å². The van der Waals surface area contributed by atoms with Crippen LogP contribution < -0.4 is 5.46 Å². The molecular formula is C17H13BF2O2PSTl. The minimum absolute atomic E-state index is 0.110. The molecule has 1 fully saturated rings. The molecule has 25 heavy (non-hydrogen) atoms. The van der Waals surface area contributed by atoms with Crippen LogP contribution in [0.4, 0.5) is 8.78 Å². The summed E-state index contributed by atoms with van der Waals surface area (Å²) in [5.74, 6) is 1.19. The van der Waals surface area contributed by atoms with Crippen LogP contribution in [0.25, 0.3) is 10.8 Å². The Bertz CT molecular complexity index is 961. The van der Waals surface area contributed by atoms with Crippen LogP contribution in [0.15, 0.2) is 24.3 Å². The van der Waals surface area contributed by atoms with Gasteiger partial charge in [-0.15, -0.1) is 0 Å². The van der Waals surface area contributed by atoms with Crippen molar-refractivity contribution in [1.29, 1.82) is 0 Å². The van der Waals surface area contributed by atoms with Gasteiger partial charge >= 0.3 is 166 Å². The summed E-state index contributed by atoms with van der Waals surface area (Å²) >= 11 is 0.654. The van der Waals surface area contributed by atoms with Crippen LogP contribution in [-0.2, 0) is 9.31 Å². The molecule has 2 aromatic carbocycles. The summed E-state index contributed by atoms with van der Waals surface area (Å²) in [6.45, 7) is 6.05. The van der Waals surface area contributed by atoms with Gasteiger partial charge in [0.25, 0.3) is 0 Å². The molecular weight excluding hydrogens is 552 g/mol. The Morgan fingerprint density at radius 1 is 1.24 bits per heavy atom. The van der Waals surface area contributed by atoms with Gasteiger partial charge in [-0.3, -0.25) is 0 Å². The zero-order valence-corrected chi connectivity index (χ0v) is 20.1.